The Morgan fingerprint density at radius 3 is 2.63 bits per heavy atom. The molecule has 19 heavy (non-hydrogen) atoms. The van der Waals surface area contributed by atoms with E-state index in [2.05, 4.69) is 14.7 Å². The number of nitrogen functional groups attached to an aromatic ring is 1. The summed E-state index contributed by atoms with van der Waals surface area (Å²) in [5, 5.41) is 0. The first kappa shape index (κ1) is 13.7. The van der Waals surface area contributed by atoms with E-state index in [0.29, 0.717) is 19.4 Å². The van der Waals surface area contributed by atoms with E-state index in [0.717, 1.165) is 12.4 Å². The van der Waals surface area contributed by atoms with Crippen molar-refractivity contribution in [3.8, 4) is 0 Å². The molecule has 1 aromatic heterocycles. The van der Waals surface area contributed by atoms with Gasteiger partial charge in [-0.25, -0.2) is 23.1 Å². The Hall–Kier alpha value is -1.74. The molecule has 1 unspecified atom stereocenters. The van der Waals surface area contributed by atoms with Gasteiger partial charge in [-0.3, -0.25) is 4.79 Å². The standard InChI is InChI=1S/C10H15N5O3S/c1-15-6-7(2-3-9(15)16)14-19(17,18)8-4-12-10(11)13-5-8/h4-5,7,14H,2-3,6H2,1H3,(H2,11,12,13). The largest absolute Gasteiger partial charge is 0.368 e. The van der Waals surface area contributed by atoms with Crippen molar-refractivity contribution in [2.24, 2.45) is 0 Å². The molecule has 1 fully saturated rings. The number of rotatable bonds is 3. The first-order valence-electron chi connectivity index (χ1n) is 5.72. The molecule has 1 amide bonds. The second kappa shape index (κ2) is 5.10. The van der Waals surface area contributed by atoms with E-state index >= 15 is 0 Å². The van der Waals surface area contributed by atoms with Crippen LogP contribution in [0.25, 0.3) is 0 Å². The highest BCUT2D eigenvalue weighted by molar-refractivity contribution is 7.89. The molecule has 9 heteroatoms. The molecular weight excluding hydrogens is 270 g/mol. The molecule has 1 saturated heterocycles. The number of carbonyl (C=O) groups is 1. The number of likely N-dealkylation sites (N-methyl/N-ethyl adjacent to an activating group) is 1. The summed E-state index contributed by atoms with van der Waals surface area (Å²) in [5.74, 6) is 0.0354. The van der Waals surface area contributed by atoms with E-state index in [1.807, 2.05) is 0 Å². The molecule has 2 rings (SSSR count). The highest BCUT2D eigenvalue weighted by Gasteiger charge is 2.27. The van der Waals surface area contributed by atoms with E-state index in [1.54, 1.807) is 7.05 Å². The number of hydrogen-bond acceptors (Lipinski definition) is 6. The average molecular weight is 285 g/mol. The number of amides is 1. The predicted octanol–water partition coefficient (Wildman–Crippen LogP) is -1.04. The zero-order chi connectivity index (χ0) is 14.0. The summed E-state index contributed by atoms with van der Waals surface area (Å²) < 4.78 is 26.7. The zero-order valence-electron chi connectivity index (χ0n) is 10.4. The van der Waals surface area contributed by atoms with Crippen molar-refractivity contribution in [1.29, 1.82) is 0 Å². The number of nitrogens with two attached hydrogens (primary N) is 1. The van der Waals surface area contributed by atoms with Gasteiger partial charge in [0.2, 0.25) is 21.9 Å². The number of anilines is 1. The van der Waals surface area contributed by atoms with Gasteiger partial charge in [0.05, 0.1) is 12.4 Å². The third kappa shape index (κ3) is 3.18. The van der Waals surface area contributed by atoms with Gasteiger partial charge in [-0.2, -0.15) is 0 Å². The monoisotopic (exact) mass is 285 g/mol. The van der Waals surface area contributed by atoms with Crippen LogP contribution in [0.15, 0.2) is 17.3 Å². The van der Waals surface area contributed by atoms with Gasteiger partial charge in [0, 0.05) is 26.1 Å². The normalized spacial score (nSPS) is 20.6. The fraction of sp³-hybridized carbons (Fsp3) is 0.500. The van der Waals surface area contributed by atoms with Crippen LogP contribution in [-0.4, -0.2) is 48.8 Å². The number of nitrogens with one attached hydrogen (secondary N) is 1. The molecule has 2 heterocycles. The van der Waals surface area contributed by atoms with E-state index < -0.39 is 10.0 Å². The lowest BCUT2D eigenvalue weighted by molar-refractivity contribution is -0.132. The Balaban J connectivity index is 2.09. The van der Waals surface area contributed by atoms with Gasteiger partial charge < -0.3 is 10.6 Å². The molecule has 104 valence electrons. The SMILES string of the molecule is CN1CC(NS(=O)(=O)c2cnc(N)nc2)CCC1=O. The first-order valence-corrected chi connectivity index (χ1v) is 7.20. The van der Waals surface area contributed by atoms with Crippen LogP contribution in [0.1, 0.15) is 12.8 Å². The lowest BCUT2D eigenvalue weighted by Crippen LogP contribution is -2.48. The number of carbonyl (C=O) groups excluding carboxylic acids is 1. The van der Waals surface area contributed by atoms with E-state index in [-0.39, 0.29) is 22.8 Å². The van der Waals surface area contributed by atoms with Gasteiger partial charge in [0.25, 0.3) is 0 Å². The van der Waals surface area contributed by atoms with E-state index in [4.69, 9.17) is 5.73 Å². The van der Waals surface area contributed by atoms with Gasteiger partial charge in [0.1, 0.15) is 4.90 Å². The van der Waals surface area contributed by atoms with Crippen LogP contribution >= 0.6 is 0 Å². The Morgan fingerprint density at radius 1 is 1.42 bits per heavy atom. The predicted molar refractivity (Wildman–Crippen MR) is 67.4 cm³/mol. The van der Waals surface area contributed by atoms with Crippen LogP contribution in [0.3, 0.4) is 0 Å². The van der Waals surface area contributed by atoms with Gasteiger partial charge in [0.15, 0.2) is 0 Å². The third-order valence-electron chi connectivity index (χ3n) is 2.91. The molecule has 1 aliphatic heterocycles. The minimum Gasteiger partial charge on any atom is -0.368 e. The van der Waals surface area contributed by atoms with Gasteiger partial charge in [-0.1, -0.05) is 0 Å². The maximum Gasteiger partial charge on any atom is 0.243 e. The van der Waals surface area contributed by atoms with Crippen molar-refractivity contribution < 1.29 is 13.2 Å². The number of hydrogen-bond donors (Lipinski definition) is 2. The molecule has 3 N–H and O–H groups in total. The summed E-state index contributed by atoms with van der Waals surface area (Å²) in [5.41, 5.74) is 5.31. The van der Waals surface area contributed by atoms with Crippen molar-refractivity contribution in [3.63, 3.8) is 0 Å². The molecule has 0 radical (unpaired) electrons. The summed E-state index contributed by atoms with van der Waals surface area (Å²) in [6, 6.07) is -0.301. The maximum atomic E-state index is 12.1. The lowest BCUT2D eigenvalue weighted by Gasteiger charge is -2.29. The third-order valence-corrected chi connectivity index (χ3v) is 4.38. The maximum absolute atomic E-state index is 12.1. The minimum atomic E-state index is -3.69. The van der Waals surface area contributed by atoms with Crippen molar-refractivity contribution in [1.82, 2.24) is 19.6 Å². The van der Waals surface area contributed by atoms with Crippen LogP contribution in [0, 0.1) is 0 Å². The summed E-state index contributed by atoms with van der Waals surface area (Å²) in [4.78, 5) is 20.1. The van der Waals surface area contributed by atoms with Gasteiger partial charge >= 0.3 is 0 Å². The lowest BCUT2D eigenvalue weighted by atomic mass is 10.1. The minimum absolute atomic E-state index is 0.0157. The summed E-state index contributed by atoms with van der Waals surface area (Å²) in [6.45, 7) is 0.355. The number of aromatic nitrogens is 2. The van der Waals surface area contributed by atoms with Crippen molar-refractivity contribution >= 4 is 21.9 Å². The fourth-order valence-corrected chi connectivity index (χ4v) is 3.01. The van der Waals surface area contributed by atoms with Crippen LogP contribution < -0.4 is 10.5 Å². The molecule has 0 aliphatic carbocycles. The summed E-state index contributed by atoms with van der Waals surface area (Å²) >= 11 is 0. The molecule has 0 aromatic carbocycles. The van der Waals surface area contributed by atoms with E-state index in [9.17, 15) is 13.2 Å². The Labute approximate surface area is 111 Å². The average Bonchev–Trinajstić information content (AvgIpc) is 2.34. The second-order valence-electron chi connectivity index (χ2n) is 4.41. The molecule has 1 aromatic rings. The molecule has 8 nitrogen and oxygen atoms in total. The number of sulfonamides is 1. The van der Waals surface area contributed by atoms with Crippen LogP contribution in [0.5, 0.6) is 0 Å². The Kier molecular flexibility index (Phi) is 3.67. The van der Waals surface area contributed by atoms with E-state index in [1.165, 1.54) is 4.90 Å². The number of likely N-dealkylation sites (tertiary alicyclic amines) is 1. The Morgan fingerprint density at radius 2 is 2.05 bits per heavy atom. The number of nitrogens with zero attached hydrogens (tertiary/aromatic N) is 3. The molecule has 0 spiro atoms. The number of piperidine rings is 1. The topological polar surface area (TPSA) is 118 Å². The Bertz CT molecular complexity index is 571. The van der Waals surface area contributed by atoms with Gasteiger partial charge in [-0.15, -0.1) is 0 Å². The summed E-state index contributed by atoms with van der Waals surface area (Å²) in [6.07, 6.45) is 3.13. The molecule has 0 saturated carbocycles. The highest BCUT2D eigenvalue weighted by atomic mass is 32.2. The van der Waals surface area contributed by atoms with Crippen molar-refractivity contribution in [2.45, 2.75) is 23.8 Å². The zero-order valence-corrected chi connectivity index (χ0v) is 11.2. The summed E-state index contributed by atoms with van der Waals surface area (Å²) in [7, 11) is -2.04. The molecule has 1 aliphatic rings. The second-order valence-corrected chi connectivity index (χ2v) is 6.12. The van der Waals surface area contributed by atoms with Gasteiger partial charge in [-0.05, 0) is 6.42 Å². The molecule has 1 atom stereocenters. The first-order chi connectivity index (χ1) is 8.88. The van der Waals surface area contributed by atoms with Crippen molar-refractivity contribution in [2.75, 3.05) is 19.3 Å². The molecular formula is C10H15N5O3S. The van der Waals surface area contributed by atoms with Crippen LogP contribution in [-0.2, 0) is 14.8 Å². The molecule has 0 bridgehead atoms. The fourth-order valence-electron chi connectivity index (χ4n) is 1.86. The van der Waals surface area contributed by atoms with Crippen LogP contribution in [0.2, 0.25) is 0 Å². The quantitative estimate of drug-likeness (QED) is 0.732. The smallest absolute Gasteiger partial charge is 0.243 e. The van der Waals surface area contributed by atoms with Crippen molar-refractivity contribution in [3.05, 3.63) is 12.4 Å². The van der Waals surface area contributed by atoms with Crippen LogP contribution in [0.4, 0.5) is 5.95 Å². The highest BCUT2D eigenvalue weighted by Crippen LogP contribution is 2.13.